The number of ether oxygens (including phenoxy) is 2. The van der Waals surface area contributed by atoms with Gasteiger partial charge in [0.05, 0.1) is 15.8 Å². The third kappa shape index (κ3) is 12.8. The number of hydrogen-bond acceptors (Lipinski definition) is 10. The summed E-state index contributed by atoms with van der Waals surface area (Å²) in [6.45, 7) is 16.4. The first-order chi connectivity index (χ1) is 33.2. The lowest BCUT2D eigenvalue weighted by Crippen LogP contribution is -2.71. The fourth-order valence-electron chi connectivity index (χ4n) is 10.6. The van der Waals surface area contributed by atoms with Gasteiger partial charge in [0.15, 0.2) is 0 Å². The Hall–Kier alpha value is -6.12. The summed E-state index contributed by atoms with van der Waals surface area (Å²) >= 11 is 0. The monoisotopic (exact) mass is 942 g/mol. The molecule has 0 bridgehead atoms. The van der Waals surface area contributed by atoms with Crippen molar-refractivity contribution < 1.29 is 34.2 Å². The minimum atomic E-state index is -1.70. The lowest BCUT2D eigenvalue weighted by molar-refractivity contribution is -0.385. The minimum Gasteiger partial charge on any atom is -0.492 e. The minimum absolute atomic E-state index is 0.00751. The number of rotatable bonds is 26. The number of nitrogens with one attached hydrogen (secondary N) is 1. The van der Waals surface area contributed by atoms with Gasteiger partial charge in [0.25, 0.3) is 5.69 Å². The number of nitro groups is 1. The smallest absolute Gasteiger partial charge is 0.312 e. The molecule has 5 aromatic rings. The molecular formula is C56H71N5O8. The Morgan fingerprint density at radius 2 is 1.10 bits per heavy atom. The Balaban J connectivity index is 1.38. The summed E-state index contributed by atoms with van der Waals surface area (Å²) in [6, 6.07) is 44.7. The van der Waals surface area contributed by atoms with Crippen molar-refractivity contribution >= 4 is 17.6 Å². The number of hydrogen-bond donors (Lipinski definition) is 3. The summed E-state index contributed by atoms with van der Waals surface area (Å²) in [4.78, 5) is 47.2. The average Bonchev–Trinajstić information content (AvgIpc) is 3.35. The van der Waals surface area contributed by atoms with Crippen molar-refractivity contribution in [1.82, 2.24) is 20.0 Å². The highest BCUT2D eigenvalue weighted by Crippen LogP contribution is 2.60. The molecule has 0 radical (unpaired) electrons. The number of non-ortho nitro benzene ring substituents is 1. The fourth-order valence-corrected chi connectivity index (χ4v) is 10.6. The molecule has 13 nitrogen and oxygen atoms in total. The highest BCUT2D eigenvalue weighted by Gasteiger charge is 2.68. The van der Waals surface area contributed by atoms with E-state index < -0.39 is 51.6 Å². The lowest BCUT2D eigenvalue weighted by atomic mass is 9.47. The van der Waals surface area contributed by atoms with Crippen LogP contribution in [0.3, 0.4) is 0 Å². The Morgan fingerprint density at radius 1 is 0.638 bits per heavy atom. The van der Waals surface area contributed by atoms with Gasteiger partial charge in [-0.2, -0.15) is 0 Å². The van der Waals surface area contributed by atoms with Crippen LogP contribution >= 0.6 is 0 Å². The summed E-state index contributed by atoms with van der Waals surface area (Å²) in [5.41, 5.74) is -0.941. The van der Waals surface area contributed by atoms with Crippen LogP contribution in [0.5, 0.6) is 11.5 Å². The number of nitro benzene ring substituents is 1. The number of carboxylic acids is 2. The predicted molar refractivity (Wildman–Crippen MR) is 270 cm³/mol. The molecule has 13 heteroatoms. The zero-order chi connectivity index (χ0) is 49.6. The largest absolute Gasteiger partial charge is 0.492 e. The molecular weight excluding hydrogens is 871 g/mol. The molecule has 1 aliphatic rings. The van der Waals surface area contributed by atoms with Crippen molar-refractivity contribution in [2.45, 2.75) is 91.1 Å². The van der Waals surface area contributed by atoms with Gasteiger partial charge in [-0.25, -0.2) is 0 Å². The maximum atomic E-state index is 14.4. The second-order valence-electron chi connectivity index (χ2n) is 19.1. The standard InChI is InChI=1S/C56H71N5O8/c1-41(2)56(54(64)65)45(6)57-44(5)55(53(62)63,52(56)48-24-19-25-49(36-48)61(66)67)30-31-58(32-34-59(37-46-20-11-7-12-21-46)42(3)39-68-50-26-15-9-16-27-50)33-35-60(38-47-22-13-8-14-23-47)43(4)40-69-51-28-17-10-18-29-51/h7-29,36,41-45,52,57H,30-35,37-40H2,1-6H3,(H,62,63)(H,64,65). The van der Waals surface area contributed by atoms with Crippen LogP contribution in [-0.4, -0.2) is 112 Å². The van der Waals surface area contributed by atoms with E-state index in [4.69, 9.17) is 9.47 Å². The van der Waals surface area contributed by atoms with E-state index in [9.17, 15) is 29.9 Å². The van der Waals surface area contributed by atoms with Gasteiger partial charge in [0.1, 0.15) is 24.7 Å². The molecule has 1 fully saturated rings. The van der Waals surface area contributed by atoms with Crippen LogP contribution in [0.4, 0.5) is 5.69 Å². The summed E-state index contributed by atoms with van der Waals surface area (Å²) in [7, 11) is 0. The summed E-state index contributed by atoms with van der Waals surface area (Å²) < 4.78 is 12.6. The molecule has 6 rings (SSSR count). The molecule has 0 aromatic heterocycles. The van der Waals surface area contributed by atoms with Gasteiger partial charge in [0, 0.05) is 81.5 Å². The van der Waals surface area contributed by atoms with E-state index in [2.05, 4.69) is 58.1 Å². The third-order valence-corrected chi connectivity index (χ3v) is 14.5. The van der Waals surface area contributed by atoms with Crippen LogP contribution in [0, 0.1) is 26.9 Å². The first-order valence-corrected chi connectivity index (χ1v) is 24.3. The lowest BCUT2D eigenvalue weighted by Gasteiger charge is -2.59. The molecule has 3 N–H and O–H groups in total. The van der Waals surface area contributed by atoms with E-state index in [1.54, 1.807) is 26.8 Å². The van der Waals surface area contributed by atoms with Gasteiger partial charge in [-0.3, -0.25) is 29.5 Å². The highest BCUT2D eigenvalue weighted by atomic mass is 16.6. The van der Waals surface area contributed by atoms with E-state index in [1.165, 1.54) is 18.2 Å². The average molecular weight is 942 g/mol. The Labute approximate surface area is 408 Å². The number of carboxylic acid groups (broad SMARTS) is 2. The maximum absolute atomic E-state index is 14.4. The zero-order valence-corrected chi connectivity index (χ0v) is 41.0. The van der Waals surface area contributed by atoms with Crippen LogP contribution in [0.2, 0.25) is 0 Å². The fraction of sp³-hybridized carbons (Fsp3) is 0.429. The number of para-hydroxylation sites is 2. The molecule has 0 spiro atoms. The van der Waals surface area contributed by atoms with E-state index >= 15 is 0 Å². The van der Waals surface area contributed by atoms with Gasteiger partial charge in [-0.15, -0.1) is 0 Å². The van der Waals surface area contributed by atoms with Gasteiger partial charge >= 0.3 is 11.9 Å². The van der Waals surface area contributed by atoms with Crippen molar-refractivity contribution in [3.05, 3.63) is 172 Å². The molecule has 0 amide bonds. The molecule has 7 unspecified atom stereocenters. The second-order valence-corrected chi connectivity index (χ2v) is 19.1. The highest BCUT2D eigenvalue weighted by molar-refractivity contribution is 5.84. The third-order valence-electron chi connectivity index (χ3n) is 14.5. The van der Waals surface area contributed by atoms with Crippen molar-refractivity contribution in [1.29, 1.82) is 0 Å². The molecule has 5 aromatic carbocycles. The summed E-state index contributed by atoms with van der Waals surface area (Å²) in [5, 5.41) is 38.8. The molecule has 69 heavy (non-hydrogen) atoms. The Kier molecular flexibility index (Phi) is 18.5. The number of piperidine rings is 1. The van der Waals surface area contributed by atoms with Crippen molar-refractivity contribution in [2.75, 3.05) is 45.9 Å². The molecule has 0 saturated carbocycles. The number of nitrogens with zero attached hydrogens (tertiary/aromatic N) is 4. The van der Waals surface area contributed by atoms with Crippen LogP contribution in [0.15, 0.2) is 146 Å². The SMILES string of the molecule is CC(COc1ccccc1)N(CCN(CCN(Cc1ccccc1)C(C)COc1ccccc1)CCC1(C(=O)O)C(C)NC(C)C(C(=O)O)(C(C)C)C1c1cccc([N+](=O)[O-])c1)Cc1ccccc1. The van der Waals surface area contributed by atoms with Crippen LogP contribution in [0.1, 0.15) is 70.6 Å². The summed E-state index contributed by atoms with van der Waals surface area (Å²) in [5.74, 6) is -2.41. The molecule has 1 aliphatic heterocycles. The van der Waals surface area contributed by atoms with Crippen LogP contribution < -0.4 is 14.8 Å². The number of aliphatic carboxylic acids is 2. The predicted octanol–water partition coefficient (Wildman–Crippen LogP) is 9.49. The number of carbonyl (C=O) groups is 2. The quantitative estimate of drug-likeness (QED) is 0.0357. The van der Waals surface area contributed by atoms with E-state index in [0.717, 1.165) is 22.6 Å². The van der Waals surface area contributed by atoms with Crippen molar-refractivity contribution in [3.63, 3.8) is 0 Å². The molecule has 7 atom stereocenters. The van der Waals surface area contributed by atoms with Crippen molar-refractivity contribution in [2.24, 2.45) is 16.7 Å². The van der Waals surface area contributed by atoms with Gasteiger partial charge in [-0.1, -0.05) is 123 Å². The normalized spacial score (nSPS) is 21.3. The van der Waals surface area contributed by atoms with Crippen LogP contribution in [-0.2, 0) is 22.7 Å². The topological polar surface area (TPSA) is 158 Å². The van der Waals surface area contributed by atoms with Crippen LogP contribution in [0.25, 0.3) is 0 Å². The van der Waals surface area contributed by atoms with Crippen molar-refractivity contribution in [3.8, 4) is 11.5 Å². The van der Waals surface area contributed by atoms with Gasteiger partial charge in [-0.05, 0) is 87.5 Å². The molecule has 0 aliphatic carbocycles. The molecule has 1 heterocycles. The number of benzene rings is 5. The molecule has 368 valence electrons. The van der Waals surface area contributed by atoms with E-state index in [0.29, 0.717) is 64.6 Å². The molecule has 1 saturated heterocycles. The maximum Gasteiger partial charge on any atom is 0.312 e. The Bertz CT molecular complexity index is 2280. The van der Waals surface area contributed by atoms with E-state index in [1.807, 2.05) is 104 Å². The van der Waals surface area contributed by atoms with Gasteiger partial charge in [0.2, 0.25) is 0 Å². The Morgan fingerprint density at radius 3 is 1.52 bits per heavy atom. The second kappa shape index (κ2) is 24.4. The first-order valence-electron chi connectivity index (χ1n) is 24.3. The zero-order valence-electron chi connectivity index (χ0n) is 41.0. The van der Waals surface area contributed by atoms with Gasteiger partial charge < -0.3 is 29.9 Å². The summed E-state index contributed by atoms with van der Waals surface area (Å²) in [6.07, 6.45) is 0.0645. The van der Waals surface area contributed by atoms with E-state index in [-0.39, 0.29) is 24.2 Å². The first kappa shape index (κ1) is 52.3.